The lowest BCUT2D eigenvalue weighted by Gasteiger charge is -2.01. The summed E-state index contributed by atoms with van der Waals surface area (Å²) in [5, 5.41) is 0. The van der Waals surface area contributed by atoms with Crippen LogP contribution in [0.25, 0.3) is 0 Å². The summed E-state index contributed by atoms with van der Waals surface area (Å²) in [5.41, 5.74) is 5.56. The summed E-state index contributed by atoms with van der Waals surface area (Å²) in [5.74, 6) is 0. The summed E-state index contributed by atoms with van der Waals surface area (Å²) in [6.07, 6.45) is 15.7. The van der Waals surface area contributed by atoms with E-state index >= 15 is 0 Å². The quantitative estimate of drug-likeness (QED) is 0.428. The van der Waals surface area contributed by atoms with Gasteiger partial charge in [-0.15, -0.1) is 0 Å². The van der Waals surface area contributed by atoms with E-state index in [0.717, 1.165) is 0 Å². The van der Waals surface area contributed by atoms with Gasteiger partial charge in [0.1, 0.15) is 6.23 Å². The van der Waals surface area contributed by atoms with Gasteiger partial charge in [0.05, 0.1) is 6.10 Å². The van der Waals surface area contributed by atoms with Crippen molar-refractivity contribution in [3.8, 4) is 0 Å². The molecule has 1 saturated heterocycles. The van der Waals surface area contributed by atoms with Crippen LogP contribution in [0.3, 0.4) is 0 Å². The van der Waals surface area contributed by atoms with Crippen LogP contribution >= 0.6 is 0 Å². The smallest absolute Gasteiger partial charge is 0.132 e. The predicted octanol–water partition coefficient (Wildman–Crippen LogP) is 3.98. The summed E-state index contributed by atoms with van der Waals surface area (Å²) in [7, 11) is 0. The fraction of sp³-hybridized carbons (Fsp3) is 1.00. The largest absolute Gasteiger partial charge is 0.353 e. The summed E-state index contributed by atoms with van der Waals surface area (Å²) < 4.78 is 5.18. The third kappa shape index (κ3) is 7.24. The van der Waals surface area contributed by atoms with Crippen LogP contribution in [0.4, 0.5) is 0 Å². The zero-order valence-corrected chi connectivity index (χ0v) is 10.9. The Bertz CT molecular complexity index is 161. The topological polar surface area (TPSA) is 38.5 Å². The van der Waals surface area contributed by atoms with Crippen LogP contribution in [0.5, 0.6) is 0 Å². The number of unbranched alkanes of at least 4 members (excludes halogenated alkanes) is 9. The summed E-state index contributed by atoms with van der Waals surface area (Å²) in [4.78, 5) is 0. The zero-order chi connectivity index (χ0) is 11.6. The van der Waals surface area contributed by atoms with Gasteiger partial charge >= 0.3 is 0 Å². The third-order valence-corrected chi connectivity index (χ3v) is 3.46. The van der Waals surface area contributed by atoms with Crippen molar-refractivity contribution < 1.29 is 4.74 Å². The van der Waals surface area contributed by atoms with E-state index in [4.69, 9.17) is 10.5 Å². The second kappa shape index (κ2) is 9.00. The average Bonchev–Trinajstić information content (AvgIpc) is 2.97. The molecule has 1 aliphatic rings. The lowest BCUT2D eigenvalue weighted by atomic mass is 10.1. The highest BCUT2D eigenvalue weighted by Gasteiger charge is 2.33. The summed E-state index contributed by atoms with van der Waals surface area (Å²) >= 11 is 0. The van der Waals surface area contributed by atoms with Crippen LogP contribution in [0, 0.1) is 0 Å². The molecule has 0 aromatic heterocycles. The van der Waals surface area contributed by atoms with Gasteiger partial charge in [0.25, 0.3) is 0 Å². The van der Waals surface area contributed by atoms with Crippen LogP contribution in [-0.2, 0) is 4.74 Å². The van der Waals surface area contributed by atoms with Gasteiger partial charge in [0.15, 0.2) is 0 Å². The van der Waals surface area contributed by atoms with E-state index in [0.29, 0.717) is 6.10 Å². The van der Waals surface area contributed by atoms with Gasteiger partial charge in [-0.1, -0.05) is 71.1 Å². The van der Waals surface area contributed by atoms with Crippen molar-refractivity contribution >= 4 is 0 Å². The number of hydrogen-bond donors (Lipinski definition) is 1. The van der Waals surface area contributed by atoms with Gasteiger partial charge in [0, 0.05) is 0 Å². The minimum atomic E-state index is 0.0681. The van der Waals surface area contributed by atoms with Crippen molar-refractivity contribution in [1.29, 1.82) is 0 Å². The Balaban J connectivity index is 1.65. The Morgan fingerprint density at radius 2 is 1.25 bits per heavy atom. The molecule has 0 spiro atoms. The van der Waals surface area contributed by atoms with Crippen LogP contribution in [0.15, 0.2) is 0 Å². The molecule has 0 aromatic rings. The molecule has 2 nitrogen and oxygen atoms in total. The van der Waals surface area contributed by atoms with E-state index in [1.807, 2.05) is 0 Å². The Morgan fingerprint density at radius 1 is 0.812 bits per heavy atom. The van der Waals surface area contributed by atoms with Crippen LogP contribution in [-0.4, -0.2) is 12.3 Å². The normalized spacial score (nSPS) is 23.6. The molecule has 0 saturated carbocycles. The maximum Gasteiger partial charge on any atom is 0.132 e. The van der Waals surface area contributed by atoms with Crippen molar-refractivity contribution in [1.82, 2.24) is 0 Å². The van der Waals surface area contributed by atoms with Crippen molar-refractivity contribution in [2.75, 3.05) is 0 Å². The molecule has 0 aliphatic carbocycles. The summed E-state index contributed by atoms with van der Waals surface area (Å²) in [6, 6.07) is 0. The van der Waals surface area contributed by atoms with Crippen molar-refractivity contribution in [2.45, 2.75) is 89.9 Å². The van der Waals surface area contributed by atoms with Gasteiger partial charge in [-0.05, 0) is 6.42 Å². The Hall–Kier alpha value is -0.0800. The fourth-order valence-electron chi connectivity index (χ4n) is 2.22. The highest BCUT2D eigenvalue weighted by atomic mass is 16.6. The molecule has 2 atom stereocenters. The number of epoxide rings is 1. The molecular formula is C14H29NO. The van der Waals surface area contributed by atoms with Gasteiger partial charge in [-0.2, -0.15) is 0 Å². The first kappa shape index (κ1) is 14.0. The van der Waals surface area contributed by atoms with Gasteiger partial charge in [-0.25, -0.2) is 0 Å². The fourth-order valence-corrected chi connectivity index (χ4v) is 2.22. The first-order chi connectivity index (χ1) is 7.84. The number of nitrogens with two attached hydrogens (primary N) is 1. The molecule has 1 heterocycles. The first-order valence-corrected chi connectivity index (χ1v) is 7.25. The van der Waals surface area contributed by atoms with E-state index in [-0.39, 0.29) is 6.23 Å². The third-order valence-electron chi connectivity index (χ3n) is 3.46. The molecule has 0 bridgehead atoms. The van der Waals surface area contributed by atoms with E-state index in [1.165, 1.54) is 70.6 Å². The lowest BCUT2D eigenvalue weighted by Crippen LogP contribution is -2.04. The summed E-state index contributed by atoms with van der Waals surface area (Å²) in [6.45, 7) is 2.27. The van der Waals surface area contributed by atoms with Crippen LogP contribution < -0.4 is 5.73 Å². The maximum absolute atomic E-state index is 5.56. The molecule has 2 heteroatoms. The van der Waals surface area contributed by atoms with E-state index < -0.39 is 0 Å². The number of hydrogen-bond acceptors (Lipinski definition) is 2. The van der Waals surface area contributed by atoms with Gasteiger partial charge < -0.3 is 10.5 Å². The zero-order valence-electron chi connectivity index (χ0n) is 10.9. The van der Waals surface area contributed by atoms with Crippen molar-refractivity contribution in [3.63, 3.8) is 0 Å². The molecule has 96 valence electrons. The maximum atomic E-state index is 5.56. The Labute approximate surface area is 101 Å². The van der Waals surface area contributed by atoms with Crippen LogP contribution in [0.1, 0.15) is 77.6 Å². The monoisotopic (exact) mass is 227 g/mol. The Morgan fingerprint density at radius 3 is 1.69 bits per heavy atom. The first-order valence-electron chi connectivity index (χ1n) is 7.25. The second-order valence-electron chi connectivity index (χ2n) is 5.11. The molecule has 1 aliphatic heterocycles. The Kier molecular flexibility index (Phi) is 7.87. The highest BCUT2D eigenvalue weighted by molar-refractivity contribution is 4.78. The predicted molar refractivity (Wildman–Crippen MR) is 69.3 cm³/mol. The molecule has 0 aromatic carbocycles. The van der Waals surface area contributed by atoms with Crippen LogP contribution in [0.2, 0.25) is 0 Å². The molecular weight excluding hydrogens is 198 g/mol. The molecule has 16 heavy (non-hydrogen) atoms. The number of ether oxygens (including phenoxy) is 1. The molecule has 1 fully saturated rings. The van der Waals surface area contributed by atoms with Crippen molar-refractivity contribution in [2.24, 2.45) is 5.73 Å². The van der Waals surface area contributed by atoms with E-state index in [2.05, 4.69) is 6.92 Å². The molecule has 1 rings (SSSR count). The standard InChI is InChI=1S/C14H29NO/c1-2-3-4-5-6-7-8-9-10-11-12-13-14(15)16-13/h13-14H,2-12,15H2,1H3. The minimum absolute atomic E-state index is 0.0681. The van der Waals surface area contributed by atoms with E-state index in [1.54, 1.807) is 0 Å². The molecule has 2 N–H and O–H groups in total. The van der Waals surface area contributed by atoms with Gasteiger partial charge in [-0.3, -0.25) is 0 Å². The molecule has 2 unspecified atom stereocenters. The SMILES string of the molecule is CCCCCCCCCCCCC1OC1N. The second-order valence-corrected chi connectivity index (χ2v) is 5.11. The average molecular weight is 227 g/mol. The molecule has 0 amide bonds. The van der Waals surface area contributed by atoms with Crippen molar-refractivity contribution in [3.05, 3.63) is 0 Å². The lowest BCUT2D eigenvalue weighted by molar-refractivity contribution is 0.360. The molecule has 0 radical (unpaired) electrons. The van der Waals surface area contributed by atoms with Gasteiger partial charge in [0.2, 0.25) is 0 Å². The number of rotatable bonds is 11. The van der Waals surface area contributed by atoms with E-state index in [9.17, 15) is 0 Å². The highest BCUT2D eigenvalue weighted by Crippen LogP contribution is 2.23. The minimum Gasteiger partial charge on any atom is -0.353 e.